The van der Waals surface area contributed by atoms with Crippen LogP contribution in [0.15, 0.2) is 60.7 Å². The van der Waals surface area contributed by atoms with Crippen molar-refractivity contribution in [2.24, 2.45) is 7.05 Å². The minimum atomic E-state index is 0.0642. The van der Waals surface area contributed by atoms with Crippen LogP contribution in [0, 0.1) is 0 Å². The Kier molecular flexibility index (Phi) is 2.49. The molecule has 3 aromatic rings. The number of fused-ring (bicyclic) bond motifs is 1. The molecule has 0 unspecified atom stereocenters. The first-order chi connectivity index (χ1) is 8.77. The van der Waals surface area contributed by atoms with Gasteiger partial charge in [0, 0.05) is 23.5 Å². The molecule has 3 rings (SSSR count). The Morgan fingerprint density at radius 3 is 2.33 bits per heavy atom. The molecule has 0 radical (unpaired) electrons. The van der Waals surface area contributed by atoms with Crippen molar-refractivity contribution in [2.45, 2.75) is 0 Å². The minimum Gasteiger partial charge on any atom is -0.341 e. The van der Waals surface area contributed by atoms with E-state index < -0.39 is 0 Å². The van der Waals surface area contributed by atoms with E-state index in [0.717, 1.165) is 22.2 Å². The molecule has 0 aliphatic rings. The highest BCUT2D eigenvalue weighted by atomic mass is 16.1. The molecular weight excluding hydrogens is 222 g/mol. The molecule has 0 fully saturated rings. The first-order valence-electron chi connectivity index (χ1n) is 5.91. The van der Waals surface area contributed by atoms with Gasteiger partial charge in [0.1, 0.15) is 0 Å². The molecule has 2 nitrogen and oxygen atoms in total. The van der Waals surface area contributed by atoms with Gasteiger partial charge in [0.15, 0.2) is 0 Å². The Hall–Kier alpha value is -2.35. The molecule has 0 bridgehead atoms. The lowest BCUT2D eigenvalue weighted by Crippen LogP contribution is -2.06. The van der Waals surface area contributed by atoms with E-state index >= 15 is 0 Å². The van der Waals surface area contributed by atoms with Gasteiger partial charge in [-0.15, -0.1) is 0 Å². The van der Waals surface area contributed by atoms with Crippen LogP contribution in [0.1, 0.15) is 16.1 Å². The number of benzene rings is 2. The molecular formula is C16H13NO. The van der Waals surface area contributed by atoms with Crippen LogP contribution in [0.4, 0.5) is 0 Å². The summed E-state index contributed by atoms with van der Waals surface area (Å²) in [5.74, 6) is 0.0642. The third-order valence-corrected chi connectivity index (χ3v) is 3.22. The average molecular weight is 235 g/mol. The summed E-state index contributed by atoms with van der Waals surface area (Å²) in [5.41, 5.74) is 2.53. The van der Waals surface area contributed by atoms with E-state index in [1.54, 1.807) is 0 Å². The van der Waals surface area contributed by atoms with Crippen molar-refractivity contribution in [3.8, 4) is 0 Å². The van der Waals surface area contributed by atoms with E-state index in [0.29, 0.717) is 0 Å². The highest BCUT2D eigenvalue weighted by Crippen LogP contribution is 2.20. The molecule has 0 aliphatic carbocycles. The van der Waals surface area contributed by atoms with Crippen molar-refractivity contribution in [1.29, 1.82) is 0 Å². The Labute approximate surface area is 105 Å². The second kappa shape index (κ2) is 4.15. The summed E-state index contributed by atoms with van der Waals surface area (Å²) in [6, 6.07) is 19.3. The average Bonchev–Trinajstić information content (AvgIpc) is 2.77. The first kappa shape index (κ1) is 10.8. The number of nitrogens with zero attached hydrogens (tertiary/aromatic N) is 1. The van der Waals surface area contributed by atoms with Crippen LogP contribution in [0.2, 0.25) is 0 Å². The van der Waals surface area contributed by atoms with Gasteiger partial charge in [-0.25, -0.2) is 0 Å². The zero-order chi connectivity index (χ0) is 12.5. The zero-order valence-electron chi connectivity index (χ0n) is 10.1. The summed E-state index contributed by atoms with van der Waals surface area (Å²) in [6.07, 6.45) is 0. The number of aryl methyl sites for hydroxylation is 1. The van der Waals surface area contributed by atoms with Crippen LogP contribution in [0.3, 0.4) is 0 Å². The molecule has 1 heterocycles. The Bertz CT molecular complexity index is 710. The molecule has 0 saturated heterocycles. The van der Waals surface area contributed by atoms with Gasteiger partial charge in [0.05, 0.1) is 5.69 Å². The summed E-state index contributed by atoms with van der Waals surface area (Å²) >= 11 is 0. The summed E-state index contributed by atoms with van der Waals surface area (Å²) in [7, 11) is 1.93. The van der Waals surface area contributed by atoms with E-state index in [1.807, 2.05) is 72.3 Å². The Morgan fingerprint density at radius 2 is 1.61 bits per heavy atom. The minimum absolute atomic E-state index is 0.0642. The standard InChI is InChI=1S/C16H13NO/c1-17-14-10-6-5-9-13(14)11-15(17)16(18)12-7-3-2-4-8-12/h2-11H,1H3. The van der Waals surface area contributed by atoms with Gasteiger partial charge in [-0.3, -0.25) is 4.79 Å². The second-order valence-electron chi connectivity index (χ2n) is 4.34. The van der Waals surface area contributed by atoms with E-state index in [2.05, 4.69) is 0 Å². The van der Waals surface area contributed by atoms with Crippen LogP contribution in [0.5, 0.6) is 0 Å². The van der Waals surface area contributed by atoms with Gasteiger partial charge in [0.2, 0.25) is 5.78 Å². The summed E-state index contributed by atoms with van der Waals surface area (Å²) in [4.78, 5) is 12.4. The highest BCUT2D eigenvalue weighted by Gasteiger charge is 2.14. The van der Waals surface area contributed by atoms with E-state index in [9.17, 15) is 4.79 Å². The molecule has 0 spiro atoms. The zero-order valence-corrected chi connectivity index (χ0v) is 10.1. The lowest BCUT2D eigenvalue weighted by molar-refractivity contribution is 0.103. The predicted octanol–water partition coefficient (Wildman–Crippen LogP) is 3.41. The van der Waals surface area contributed by atoms with Crippen molar-refractivity contribution >= 4 is 16.7 Å². The topological polar surface area (TPSA) is 22.0 Å². The highest BCUT2D eigenvalue weighted by molar-refractivity contribution is 6.10. The van der Waals surface area contributed by atoms with Gasteiger partial charge >= 0.3 is 0 Å². The van der Waals surface area contributed by atoms with Gasteiger partial charge < -0.3 is 4.57 Å². The van der Waals surface area contributed by atoms with Crippen LogP contribution < -0.4 is 0 Å². The van der Waals surface area contributed by atoms with Gasteiger partial charge in [-0.2, -0.15) is 0 Å². The summed E-state index contributed by atoms with van der Waals surface area (Å²) in [6.45, 7) is 0. The molecule has 0 aliphatic heterocycles. The summed E-state index contributed by atoms with van der Waals surface area (Å²) in [5, 5.41) is 1.10. The number of carbonyl (C=O) groups excluding carboxylic acids is 1. The van der Waals surface area contributed by atoms with Crippen molar-refractivity contribution in [3.05, 3.63) is 71.9 Å². The van der Waals surface area contributed by atoms with E-state index in [1.165, 1.54) is 0 Å². The molecule has 2 heteroatoms. The van der Waals surface area contributed by atoms with Crippen LogP contribution in [-0.2, 0) is 7.05 Å². The lowest BCUT2D eigenvalue weighted by Gasteiger charge is -2.03. The molecule has 88 valence electrons. The monoisotopic (exact) mass is 235 g/mol. The van der Waals surface area contributed by atoms with Gasteiger partial charge in [0.25, 0.3) is 0 Å². The predicted molar refractivity (Wildman–Crippen MR) is 72.8 cm³/mol. The number of hydrogen-bond donors (Lipinski definition) is 0. The number of carbonyl (C=O) groups is 1. The number of para-hydroxylation sites is 1. The lowest BCUT2D eigenvalue weighted by atomic mass is 10.1. The number of hydrogen-bond acceptors (Lipinski definition) is 1. The second-order valence-corrected chi connectivity index (χ2v) is 4.34. The van der Waals surface area contributed by atoms with Crippen molar-refractivity contribution in [2.75, 3.05) is 0 Å². The third-order valence-electron chi connectivity index (χ3n) is 3.22. The fourth-order valence-electron chi connectivity index (χ4n) is 2.24. The number of rotatable bonds is 2. The molecule has 0 saturated carbocycles. The maximum Gasteiger partial charge on any atom is 0.209 e. The fraction of sp³-hybridized carbons (Fsp3) is 0.0625. The molecule has 0 amide bonds. The quantitative estimate of drug-likeness (QED) is 0.624. The smallest absolute Gasteiger partial charge is 0.209 e. The fourth-order valence-corrected chi connectivity index (χ4v) is 2.24. The normalized spacial score (nSPS) is 10.7. The van der Waals surface area contributed by atoms with Crippen molar-refractivity contribution < 1.29 is 4.79 Å². The molecule has 0 N–H and O–H groups in total. The molecule has 18 heavy (non-hydrogen) atoms. The van der Waals surface area contributed by atoms with E-state index in [-0.39, 0.29) is 5.78 Å². The molecule has 0 atom stereocenters. The number of aromatic nitrogens is 1. The summed E-state index contributed by atoms with van der Waals surface area (Å²) < 4.78 is 1.95. The van der Waals surface area contributed by atoms with Gasteiger partial charge in [-0.05, 0) is 12.1 Å². The van der Waals surface area contributed by atoms with E-state index in [4.69, 9.17) is 0 Å². The van der Waals surface area contributed by atoms with Crippen LogP contribution in [0.25, 0.3) is 10.9 Å². The number of ketones is 1. The molecule has 1 aromatic heterocycles. The maximum absolute atomic E-state index is 12.4. The van der Waals surface area contributed by atoms with Crippen LogP contribution >= 0.6 is 0 Å². The Morgan fingerprint density at radius 1 is 0.944 bits per heavy atom. The van der Waals surface area contributed by atoms with Crippen molar-refractivity contribution in [1.82, 2.24) is 4.57 Å². The Balaban J connectivity index is 2.15. The third kappa shape index (κ3) is 1.63. The van der Waals surface area contributed by atoms with Crippen LogP contribution in [-0.4, -0.2) is 10.4 Å². The SMILES string of the molecule is Cn1c(C(=O)c2ccccc2)cc2ccccc21. The largest absolute Gasteiger partial charge is 0.341 e. The maximum atomic E-state index is 12.4. The van der Waals surface area contributed by atoms with Crippen molar-refractivity contribution in [3.63, 3.8) is 0 Å². The van der Waals surface area contributed by atoms with Gasteiger partial charge in [-0.1, -0.05) is 48.5 Å². The molecule has 2 aromatic carbocycles. The first-order valence-corrected chi connectivity index (χ1v) is 5.91.